The van der Waals surface area contributed by atoms with Gasteiger partial charge in [-0.25, -0.2) is 4.99 Å². The largest absolute Gasteiger partial charge is 0.465 e. The molecule has 1 rings (SSSR count). The zero-order chi connectivity index (χ0) is 13.9. The van der Waals surface area contributed by atoms with Crippen molar-refractivity contribution in [1.29, 1.82) is 0 Å². The summed E-state index contributed by atoms with van der Waals surface area (Å²) in [6.07, 6.45) is 5.58. The molecule has 0 aliphatic heterocycles. The number of nitrogens with zero attached hydrogens (tertiary/aromatic N) is 1. The molecule has 1 aromatic rings. The molecule has 0 bridgehead atoms. The van der Waals surface area contributed by atoms with Crippen molar-refractivity contribution in [3.63, 3.8) is 0 Å². The molecular formula is C14H22N2O3. The van der Waals surface area contributed by atoms with E-state index in [0.29, 0.717) is 13.2 Å². The van der Waals surface area contributed by atoms with Gasteiger partial charge in [0, 0.05) is 6.54 Å². The first-order valence-electron chi connectivity index (χ1n) is 6.80. The maximum atomic E-state index is 11.8. The van der Waals surface area contributed by atoms with Crippen molar-refractivity contribution in [1.82, 2.24) is 5.32 Å². The lowest BCUT2D eigenvalue weighted by Gasteiger charge is -2.09. The molecule has 1 amide bonds. The Hall–Kier alpha value is -1.78. The minimum absolute atomic E-state index is 0.251. The highest BCUT2D eigenvalue weighted by Gasteiger charge is 2.11. The summed E-state index contributed by atoms with van der Waals surface area (Å²) < 4.78 is 10.4. The SMILES string of the molecule is CCCCCN=C(NC(=O)c1ccco1)OCCC. The lowest BCUT2D eigenvalue weighted by Crippen LogP contribution is -2.32. The number of hydrogen-bond acceptors (Lipinski definition) is 4. The number of aliphatic imine (C=N–C) groups is 1. The number of nitrogens with one attached hydrogen (secondary N) is 1. The van der Waals surface area contributed by atoms with E-state index in [1.165, 1.54) is 6.26 Å². The van der Waals surface area contributed by atoms with E-state index in [-0.39, 0.29) is 17.7 Å². The van der Waals surface area contributed by atoms with E-state index in [0.717, 1.165) is 25.7 Å². The maximum absolute atomic E-state index is 11.8. The number of ether oxygens (including phenoxy) is 1. The van der Waals surface area contributed by atoms with Crippen LogP contribution in [0.1, 0.15) is 50.1 Å². The summed E-state index contributed by atoms with van der Waals surface area (Å²) in [7, 11) is 0. The van der Waals surface area contributed by atoms with E-state index in [2.05, 4.69) is 17.2 Å². The van der Waals surface area contributed by atoms with Crippen LogP contribution in [0.15, 0.2) is 27.8 Å². The molecule has 19 heavy (non-hydrogen) atoms. The van der Waals surface area contributed by atoms with Crippen molar-refractivity contribution in [2.75, 3.05) is 13.2 Å². The number of carbonyl (C=O) groups excluding carboxylic acids is 1. The van der Waals surface area contributed by atoms with Gasteiger partial charge in [-0.05, 0) is 25.0 Å². The van der Waals surface area contributed by atoms with Gasteiger partial charge in [0.2, 0.25) is 0 Å². The number of carbonyl (C=O) groups is 1. The van der Waals surface area contributed by atoms with E-state index in [1.807, 2.05) is 6.92 Å². The molecule has 1 heterocycles. The summed E-state index contributed by atoms with van der Waals surface area (Å²) in [5, 5.41) is 2.63. The number of amidine groups is 1. The number of furan rings is 1. The van der Waals surface area contributed by atoms with Crippen molar-refractivity contribution >= 4 is 11.9 Å². The zero-order valence-corrected chi connectivity index (χ0v) is 11.6. The van der Waals surface area contributed by atoms with E-state index < -0.39 is 0 Å². The standard InChI is InChI=1S/C14H22N2O3/c1-3-5-6-9-15-14(19-10-4-2)16-13(17)12-8-7-11-18-12/h7-8,11H,3-6,9-10H2,1-2H3,(H,15,16,17). The Morgan fingerprint density at radius 2 is 2.21 bits per heavy atom. The molecule has 0 aliphatic rings. The number of hydrogen-bond donors (Lipinski definition) is 1. The van der Waals surface area contributed by atoms with Crippen LogP contribution in [-0.2, 0) is 4.74 Å². The lowest BCUT2D eigenvalue weighted by molar-refractivity contribution is 0.0938. The van der Waals surface area contributed by atoms with E-state index in [1.54, 1.807) is 12.1 Å². The highest BCUT2D eigenvalue weighted by molar-refractivity contribution is 6.02. The highest BCUT2D eigenvalue weighted by atomic mass is 16.5. The summed E-state index contributed by atoms with van der Waals surface area (Å²) in [4.78, 5) is 16.1. The second kappa shape index (κ2) is 9.19. The molecule has 0 saturated carbocycles. The van der Waals surface area contributed by atoms with E-state index in [4.69, 9.17) is 9.15 Å². The molecule has 5 nitrogen and oxygen atoms in total. The van der Waals surface area contributed by atoms with E-state index >= 15 is 0 Å². The van der Waals surface area contributed by atoms with Crippen molar-refractivity contribution in [3.05, 3.63) is 24.2 Å². The number of unbranched alkanes of at least 4 members (excludes halogenated alkanes) is 2. The molecule has 0 saturated heterocycles. The maximum Gasteiger partial charge on any atom is 0.294 e. The average Bonchev–Trinajstić information content (AvgIpc) is 2.94. The lowest BCUT2D eigenvalue weighted by atomic mass is 10.2. The first kappa shape index (κ1) is 15.3. The fourth-order valence-electron chi connectivity index (χ4n) is 1.43. The fraction of sp³-hybridized carbons (Fsp3) is 0.571. The summed E-state index contributed by atoms with van der Waals surface area (Å²) in [5.74, 6) is -0.0864. The molecule has 0 fully saturated rings. The van der Waals surface area contributed by atoms with Crippen molar-refractivity contribution in [2.45, 2.75) is 39.5 Å². The fourth-order valence-corrected chi connectivity index (χ4v) is 1.43. The van der Waals surface area contributed by atoms with Crippen LogP contribution in [0.2, 0.25) is 0 Å². The molecule has 0 unspecified atom stereocenters. The predicted octanol–water partition coefficient (Wildman–Crippen LogP) is 2.98. The van der Waals surface area contributed by atoms with Crippen LogP contribution in [0, 0.1) is 0 Å². The Labute approximate surface area is 114 Å². The average molecular weight is 266 g/mol. The Kier molecular flexibility index (Phi) is 7.39. The third-order valence-electron chi connectivity index (χ3n) is 2.43. The van der Waals surface area contributed by atoms with Gasteiger partial charge in [0.25, 0.3) is 11.9 Å². The molecule has 0 aliphatic carbocycles. The molecular weight excluding hydrogens is 244 g/mol. The molecule has 106 valence electrons. The number of rotatable bonds is 7. The molecule has 0 spiro atoms. The second-order valence-electron chi connectivity index (χ2n) is 4.17. The van der Waals surface area contributed by atoms with Gasteiger partial charge in [0.1, 0.15) is 0 Å². The van der Waals surface area contributed by atoms with Crippen LogP contribution in [0.4, 0.5) is 0 Å². The monoisotopic (exact) mass is 266 g/mol. The quantitative estimate of drug-likeness (QED) is 0.469. The highest BCUT2D eigenvalue weighted by Crippen LogP contribution is 2.00. The van der Waals surface area contributed by atoms with Gasteiger partial charge in [0.05, 0.1) is 12.9 Å². The van der Waals surface area contributed by atoms with Gasteiger partial charge in [-0.3, -0.25) is 10.1 Å². The minimum Gasteiger partial charge on any atom is -0.465 e. The van der Waals surface area contributed by atoms with Gasteiger partial charge in [-0.2, -0.15) is 0 Å². The smallest absolute Gasteiger partial charge is 0.294 e. The Morgan fingerprint density at radius 1 is 1.37 bits per heavy atom. The van der Waals surface area contributed by atoms with Crippen LogP contribution in [0.25, 0.3) is 0 Å². The summed E-state index contributed by atoms with van der Waals surface area (Å²) >= 11 is 0. The van der Waals surface area contributed by atoms with Gasteiger partial charge < -0.3 is 9.15 Å². The molecule has 5 heteroatoms. The third kappa shape index (κ3) is 6.08. The van der Waals surface area contributed by atoms with Crippen LogP contribution in [0.5, 0.6) is 0 Å². The summed E-state index contributed by atoms with van der Waals surface area (Å²) in [6, 6.07) is 3.54. The molecule has 1 N–H and O–H groups in total. The topological polar surface area (TPSA) is 63.8 Å². The summed E-state index contributed by atoms with van der Waals surface area (Å²) in [6.45, 7) is 5.33. The third-order valence-corrected chi connectivity index (χ3v) is 2.43. The van der Waals surface area contributed by atoms with E-state index in [9.17, 15) is 4.79 Å². The second-order valence-corrected chi connectivity index (χ2v) is 4.17. The van der Waals surface area contributed by atoms with Crippen molar-refractivity contribution in [2.24, 2.45) is 4.99 Å². The van der Waals surface area contributed by atoms with Gasteiger partial charge in [0.15, 0.2) is 5.76 Å². The Balaban J connectivity index is 2.50. The van der Waals surface area contributed by atoms with Crippen LogP contribution >= 0.6 is 0 Å². The van der Waals surface area contributed by atoms with Crippen molar-refractivity contribution in [3.8, 4) is 0 Å². The zero-order valence-electron chi connectivity index (χ0n) is 11.6. The van der Waals surface area contributed by atoms with Crippen LogP contribution in [-0.4, -0.2) is 25.1 Å². The minimum atomic E-state index is -0.338. The van der Waals surface area contributed by atoms with Gasteiger partial charge in [-0.15, -0.1) is 0 Å². The predicted molar refractivity (Wildman–Crippen MR) is 74.2 cm³/mol. The van der Waals surface area contributed by atoms with Gasteiger partial charge >= 0.3 is 0 Å². The first-order valence-corrected chi connectivity index (χ1v) is 6.80. The number of amides is 1. The molecule has 0 radical (unpaired) electrons. The van der Waals surface area contributed by atoms with Gasteiger partial charge in [-0.1, -0.05) is 26.7 Å². The summed E-state index contributed by atoms with van der Waals surface area (Å²) in [5.41, 5.74) is 0. The van der Waals surface area contributed by atoms with Crippen molar-refractivity contribution < 1.29 is 13.9 Å². The van der Waals surface area contributed by atoms with Crippen LogP contribution in [0.3, 0.4) is 0 Å². The Bertz CT molecular complexity index is 385. The molecule has 1 aromatic heterocycles. The first-order chi connectivity index (χ1) is 9.27. The Morgan fingerprint density at radius 3 is 2.84 bits per heavy atom. The normalized spacial score (nSPS) is 11.4. The molecule has 0 aromatic carbocycles. The van der Waals surface area contributed by atoms with Crippen LogP contribution < -0.4 is 5.32 Å². The molecule has 0 atom stereocenters.